The van der Waals surface area contributed by atoms with Crippen molar-refractivity contribution in [1.29, 1.82) is 0 Å². The molecule has 2 nitrogen and oxygen atoms in total. The van der Waals surface area contributed by atoms with Crippen molar-refractivity contribution in [2.24, 2.45) is 0 Å². The van der Waals surface area contributed by atoms with E-state index in [1.165, 1.54) is 6.07 Å². The van der Waals surface area contributed by atoms with Crippen LogP contribution in [0.3, 0.4) is 0 Å². The molecule has 0 radical (unpaired) electrons. The van der Waals surface area contributed by atoms with Gasteiger partial charge in [0.25, 0.3) is 6.43 Å². The number of hydrogen-bond donors (Lipinski definition) is 2. The summed E-state index contributed by atoms with van der Waals surface area (Å²) in [4.78, 5) is 0. The molecule has 14 heavy (non-hydrogen) atoms. The Morgan fingerprint density at radius 3 is 2.79 bits per heavy atom. The van der Waals surface area contributed by atoms with Crippen LogP contribution in [0.4, 0.5) is 8.78 Å². The van der Waals surface area contributed by atoms with Crippen LogP contribution in [0.25, 0.3) is 0 Å². The summed E-state index contributed by atoms with van der Waals surface area (Å²) in [6.07, 6.45) is -2.39. The van der Waals surface area contributed by atoms with Crippen LogP contribution in [0.1, 0.15) is 5.56 Å². The van der Waals surface area contributed by atoms with E-state index in [-0.39, 0.29) is 17.3 Å². The van der Waals surface area contributed by atoms with Crippen molar-refractivity contribution in [3.05, 3.63) is 28.8 Å². The lowest BCUT2D eigenvalue weighted by Crippen LogP contribution is -2.20. The lowest BCUT2D eigenvalue weighted by molar-refractivity contribution is 0.145. The predicted molar refractivity (Wildman–Crippen MR) is 50.8 cm³/mol. The van der Waals surface area contributed by atoms with Gasteiger partial charge in [-0.25, -0.2) is 8.78 Å². The minimum absolute atomic E-state index is 0.0593. The van der Waals surface area contributed by atoms with E-state index in [9.17, 15) is 13.9 Å². The van der Waals surface area contributed by atoms with Gasteiger partial charge in [-0.2, -0.15) is 0 Å². The smallest absolute Gasteiger partial charge is 0.250 e. The van der Waals surface area contributed by atoms with Gasteiger partial charge in [0.2, 0.25) is 0 Å². The summed E-state index contributed by atoms with van der Waals surface area (Å²) in [6, 6.07) is 4.81. The molecule has 0 atom stereocenters. The van der Waals surface area contributed by atoms with Gasteiger partial charge in [-0.3, -0.25) is 0 Å². The molecule has 0 fully saturated rings. The quantitative estimate of drug-likeness (QED) is 0.818. The van der Waals surface area contributed by atoms with E-state index in [2.05, 4.69) is 5.32 Å². The Kier molecular flexibility index (Phi) is 4.10. The van der Waals surface area contributed by atoms with Gasteiger partial charge in [-0.1, -0.05) is 23.7 Å². The summed E-state index contributed by atoms with van der Waals surface area (Å²) in [7, 11) is 0. The third-order valence-corrected chi connectivity index (χ3v) is 1.99. The molecule has 1 rings (SSSR count). The summed E-state index contributed by atoms with van der Waals surface area (Å²) in [6.45, 7) is -0.220. The molecule has 0 amide bonds. The lowest BCUT2D eigenvalue weighted by atomic mass is 10.2. The highest BCUT2D eigenvalue weighted by atomic mass is 35.5. The SMILES string of the molecule is Oc1c(Cl)cccc1CNCC(F)F. The number of aromatic hydroxyl groups is 1. The summed E-state index contributed by atoms with van der Waals surface area (Å²) in [5, 5.41) is 12.1. The molecule has 0 aliphatic carbocycles. The van der Waals surface area contributed by atoms with E-state index in [1.807, 2.05) is 0 Å². The van der Waals surface area contributed by atoms with E-state index in [0.29, 0.717) is 5.56 Å². The molecule has 78 valence electrons. The first-order valence-corrected chi connectivity index (χ1v) is 4.44. The number of para-hydroxylation sites is 1. The number of phenols is 1. The van der Waals surface area contributed by atoms with Crippen molar-refractivity contribution < 1.29 is 13.9 Å². The number of hydrogen-bond acceptors (Lipinski definition) is 2. The second-order valence-corrected chi connectivity index (χ2v) is 3.18. The molecule has 0 saturated carbocycles. The summed E-state index contributed by atoms with van der Waals surface area (Å²) in [5.74, 6) is -0.0593. The van der Waals surface area contributed by atoms with Crippen LogP contribution in [-0.4, -0.2) is 18.1 Å². The third kappa shape index (κ3) is 3.12. The van der Waals surface area contributed by atoms with E-state index < -0.39 is 13.0 Å². The van der Waals surface area contributed by atoms with Gasteiger partial charge in [0.05, 0.1) is 11.6 Å². The van der Waals surface area contributed by atoms with Crippen LogP contribution in [0.2, 0.25) is 5.02 Å². The number of rotatable bonds is 4. The average Bonchev–Trinajstić information content (AvgIpc) is 2.12. The maximum Gasteiger partial charge on any atom is 0.250 e. The predicted octanol–water partition coefficient (Wildman–Crippen LogP) is 2.40. The Hall–Kier alpha value is -0.870. The molecule has 0 unspecified atom stereocenters. The maximum atomic E-state index is 11.8. The number of nitrogens with one attached hydrogen (secondary N) is 1. The minimum atomic E-state index is -2.39. The third-order valence-electron chi connectivity index (χ3n) is 1.68. The van der Waals surface area contributed by atoms with Crippen molar-refractivity contribution in [3.63, 3.8) is 0 Å². The number of halogens is 3. The zero-order chi connectivity index (χ0) is 10.6. The van der Waals surface area contributed by atoms with Gasteiger partial charge in [0.15, 0.2) is 0 Å². The lowest BCUT2D eigenvalue weighted by Gasteiger charge is -2.06. The normalized spacial score (nSPS) is 10.9. The van der Waals surface area contributed by atoms with Crippen LogP contribution in [0.5, 0.6) is 5.75 Å². The molecule has 0 heterocycles. The molecule has 0 aromatic heterocycles. The molecule has 0 aliphatic rings. The molecular weight excluding hydrogens is 212 g/mol. The fraction of sp³-hybridized carbons (Fsp3) is 0.333. The molecule has 5 heteroatoms. The van der Waals surface area contributed by atoms with E-state index in [1.54, 1.807) is 12.1 Å². The van der Waals surface area contributed by atoms with Crippen LogP contribution in [0.15, 0.2) is 18.2 Å². The first kappa shape index (κ1) is 11.2. The van der Waals surface area contributed by atoms with Gasteiger partial charge >= 0.3 is 0 Å². The molecule has 2 N–H and O–H groups in total. The van der Waals surface area contributed by atoms with Crippen molar-refractivity contribution >= 4 is 11.6 Å². The zero-order valence-corrected chi connectivity index (χ0v) is 8.06. The highest BCUT2D eigenvalue weighted by Crippen LogP contribution is 2.26. The number of benzene rings is 1. The largest absolute Gasteiger partial charge is 0.506 e. The molecular formula is C9H10ClF2NO. The van der Waals surface area contributed by atoms with Crippen molar-refractivity contribution in [3.8, 4) is 5.75 Å². The number of alkyl halides is 2. The maximum absolute atomic E-state index is 11.8. The van der Waals surface area contributed by atoms with Gasteiger partial charge < -0.3 is 10.4 Å². The van der Waals surface area contributed by atoms with Gasteiger partial charge in [-0.05, 0) is 6.07 Å². The fourth-order valence-corrected chi connectivity index (χ4v) is 1.21. The Morgan fingerprint density at radius 2 is 2.14 bits per heavy atom. The Labute approximate surface area is 85.5 Å². The van der Waals surface area contributed by atoms with Crippen LogP contribution in [-0.2, 0) is 6.54 Å². The monoisotopic (exact) mass is 221 g/mol. The van der Waals surface area contributed by atoms with E-state index in [0.717, 1.165) is 0 Å². The van der Waals surface area contributed by atoms with Gasteiger partial charge in [-0.15, -0.1) is 0 Å². The van der Waals surface area contributed by atoms with E-state index in [4.69, 9.17) is 11.6 Å². The molecule has 1 aromatic rings. The average molecular weight is 222 g/mol. The Morgan fingerprint density at radius 1 is 1.43 bits per heavy atom. The highest BCUT2D eigenvalue weighted by Gasteiger charge is 2.06. The summed E-state index contributed by atoms with van der Waals surface area (Å²) in [5.41, 5.74) is 0.512. The second kappa shape index (κ2) is 5.12. The van der Waals surface area contributed by atoms with Crippen LogP contribution in [0, 0.1) is 0 Å². The van der Waals surface area contributed by atoms with Crippen LogP contribution < -0.4 is 5.32 Å². The zero-order valence-electron chi connectivity index (χ0n) is 7.30. The van der Waals surface area contributed by atoms with Crippen LogP contribution >= 0.6 is 11.6 Å². The second-order valence-electron chi connectivity index (χ2n) is 2.77. The van der Waals surface area contributed by atoms with Gasteiger partial charge in [0, 0.05) is 12.1 Å². The minimum Gasteiger partial charge on any atom is -0.506 e. The summed E-state index contributed by atoms with van der Waals surface area (Å²) >= 11 is 5.63. The van der Waals surface area contributed by atoms with E-state index >= 15 is 0 Å². The molecule has 0 saturated heterocycles. The Bertz CT molecular complexity index is 307. The van der Waals surface area contributed by atoms with Crippen molar-refractivity contribution in [1.82, 2.24) is 5.32 Å². The van der Waals surface area contributed by atoms with Crippen molar-refractivity contribution in [2.45, 2.75) is 13.0 Å². The molecule has 0 bridgehead atoms. The fourth-order valence-electron chi connectivity index (χ4n) is 1.02. The Balaban J connectivity index is 2.54. The summed E-state index contributed by atoms with van der Waals surface area (Å²) < 4.78 is 23.5. The standard InChI is InChI=1S/C9H10ClF2NO/c10-7-3-1-2-6(9(7)14)4-13-5-8(11)12/h1-3,8,13-14H,4-5H2. The highest BCUT2D eigenvalue weighted by molar-refractivity contribution is 6.32. The topological polar surface area (TPSA) is 32.3 Å². The van der Waals surface area contributed by atoms with Gasteiger partial charge in [0.1, 0.15) is 5.75 Å². The first-order chi connectivity index (χ1) is 6.61. The molecule has 0 aliphatic heterocycles. The molecule has 1 aromatic carbocycles. The van der Waals surface area contributed by atoms with Crippen molar-refractivity contribution in [2.75, 3.05) is 6.54 Å². The molecule has 0 spiro atoms. The number of phenolic OH excluding ortho intramolecular Hbond substituents is 1. The first-order valence-electron chi connectivity index (χ1n) is 4.06.